The van der Waals surface area contributed by atoms with Crippen LogP contribution in [-0.4, -0.2) is 23.6 Å². The zero-order valence-electron chi connectivity index (χ0n) is 19.6. The van der Waals surface area contributed by atoms with Gasteiger partial charge in [-0.15, -0.1) is 0 Å². The van der Waals surface area contributed by atoms with Gasteiger partial charge in [-0.2, -0.15) is 0 Å². The van der Waals surface area contributed by atoms with E-state index in [1.54, 1.807) is 36.4 Å². The van der Waals surface area contributed by atoms with Crippen molar-refractivity contribution in [2.45, 2.75) is 58.0 Å². The smallest absolute Gasteiger partial charge is 0.294 e. The second-order valence-corrected chi connectivity index (χ2v) is 8.88. The van der Waals surface area contributed by atoms with Gasteiger partial charge in [0.25, 0.3) is 5.91 Å². The standard InChI is InChI=1S/C28H30N2O4/c1-19-14-16-21(17-15-19)26(27(32)29-22-9-4-3-5-10-22)30(28(33)25-13-8-18-34-25)24-12-7-6-11-23(24)20(2)31/h6-8,11-18,22,26H,3-5,9-10H2,1-2H3,(H,29,32)/t26-/m0/s1. The first-order chi connectivity index (χ1) is 16.5. The topological polar surface area (TPSA) is 79.6 Å². The van der Waals surface area contributed by atoms with Crippen molar-refractivity contribution >= 4 is 23.3 Å². The van der Waals surface area contributed by atoms with Crippen LogP contribution < -0.4 is 10.2 Å². The Morgan fingerprint density at radius 1 is 0.941 bits per heavy atom. The maximum Gasteiger partial charge on any atom is 0.294 e. The molecule has 0 unspecified atom stereocenters. The Kier molecular flexibility index (Phi) is 7.26. The second kappa shape index (κ2) is 10.5. The number of Topliss-reactive ketones (excluding diaryl/α,β-unsaturated/α-hetero) is 1. The molecule has 1 aromatic heterocycles. The zero-order valence-corrected chi connectivity index (χ0v) is 19.6. The Labute approximate surface area is 200 Å². The first-order valence-corrected chi connectivity index (χ1v) is 11.8. The molecular weight excluding hydrogens is 428 g/mol. The van der Waals surface area contributed by atoms with Crippen molar-refractivity contribution in [2.75, 3.05) is 4.90 Å². The van der Waals surface area contributed by atoms with Crippen LogP contribution in [0.5, 0.6) is 0 Å². The number of carbonyl (C=O) groups is 3. The summed E-state index contributed by atoms with van der Waals surface area (Å²) in [6, 6.07) is 16.7. The summed E-state index contributed by atoms with van der Waals surface area (Å²) < 4.78 is 5.43. The predicted octanol–water partition coefficient (Wildman–Crippen LogP) is 5.63. The fourth-order valence-electron chi connectivity index (χ4n) is 4.56. The van der Waals surface area contributed by atoms with Crippen LogP contribution in [0.3, 0.4) is 0 Å². The third-order valence-electron chi connectivity index (χ3n) is 6.34. The number of amides is 2. The lowest BCUT2D eigenvalue weighted by atomic mass is 9.94. The largest absolute Gasteiger partial charge is 0.459 e. The molecule has 0 aliphatic heterocycles. The van der Waals surface area contributed by atoms with Gasteiger partial charge in [-0.1, -0.05) is 61.2 Å². The maximum absolute atomic E-state index is 13.8. The van der Waals surface area contributed by atoms with Gasteiger partial charge in [0.2, 0.25) is 5.91 Å². The number of furan rings is 1. The molecule has 1 N–H and O–H groups in total. The Hall–Kier alpha value is -3.67. The lowest BCUT2D eigenvalue weighted by Crippen LogP contribution is -2.47. The SMILES string of the molecule is CC(=O)c1ccccc1N(C(=O)c1ccco1)[C@H](C(=O)NC1CCCCC1)c1ccc(C)cc1. The van der Waals surface area contributed by atoms with Crippen molar-refractivity contribution in [2.24, 2.45) is 0 Å². The highest BCUT2D eigenvalue weighted by atomic mass is 16.3. The molecule has 1 fully saturated rings. The van der Waals surface area contributed by atoms with Crippen LogP contribution >= 0.6 is 0 Å². The molecule has 1 atom stereocenters. The number of hydrogen-bond acceptors (Lipinski definition) is 4. The minimum Gasteiger partial charge on any atom is -0.459 e. The molecule has 1 heterocycles. The number of nitrogens with one attached hydrogen (secondary N) is 1. The Balaban J connectivity index is 1.85. The van der Waals surface area contributed by atoms with Gasteiger partial charge in [0.1, 0.15) is 6.04 Å². The van der Waals surface area contributed by atoms with Crippen LogP contribution in [0.25, 0.3) is 0 Å². The summed E-state index contributed by atoms with van der Waals surface area (Å²) in [7, 11) is 0. The average Bonchev–Trinajstić information content (AvgIpc) is 3.38. The number of para-hydroxylation sites is 1. The fourth-order valence-corrected chi connectivity index (χ4v) is 4.56. The fraction of sp³-hybridized carbons (Fsp3) is 0.321. The summed E-state index contributed by atoms with van der Waals surface area (Å²) in [4.78, 5) is 41.6. The normalized spacial score (nSPS) is 14.9. The van der Waals surface area contributed by atoms with Gasteiger partial charge in [-0.3, -0.25) is 19.3 Å². The number of carbonyl (C=O) groups excluding carboxylic acids is 3. The van der Waals surface area contributed by atoms with Crippen molar-refractivity contribution in [3.63, 3.8) is 0 Å². The zero-order chi connectivity index (χ0) is 24.1. The van der Waals surface area contributed by atoms with E-state index in [1.165, 1.54) is 24.5 Å². The first kappa shape index (κ1) is 23.5. The minimum absolute atomic E-state index is 0.0674. The molecule has 6 heteroatoms. The molecule has 2 aromatic carbocycles. The van der Waals surface area contributed by atoms with E-state index in [0.717, 1.165) is 31.2 Å². The molecule has 2 amide bonds. The van der Waals surface area contributed by atoms with E-state index >= 15 is 0 Å². The van der Waals surface area contributed by atoms with Crippen molar-refractivity contribution in [1.82, 2.24) is 5.32 Å². The number of benzene rings is 2. The predicted molar refractivity (Wildman–Crippen MR) is 131 cm³/mol. The van der Waals surface area contributed by atoms with Gasteiger partial charge < -0.3 is 9.73 Å². The number of nitrogens with zero attached hydrogens (tertiary/aromatic N) is 1. The van der Waals surface area contributed by atoms with Crippen LogP contribution in [0.1, 0.15) is 77.1 Å². The molecule has 1 aliphatic carbocycles. The van der Waals surface area contributed by atoms with Crippen molar-refractivity contribution < 1.29 is 18.8 Å². The Morgan fingerprint density at radius 2 is 1.65 bits per heavy atom. The molecule has 1 aliphatic rings. The quantitative estimate of drug-likeness (QED) is 0.466. The van der Waals surface area contributed by atoms with Gasteiger partial charge >= 0.3 is 0 Å². The third-order valence-corrected chi connectivity index (χ3v) is 6.34. The lowest BCUT2D eigenvalue weighted by molar-refractivity contribution is -0.123. The first-order valence-electron chi connectivity index (χ1n) is 11.8. The van der Waals surface area contributed by atoms with E-state index in [4.69, 9.17) is 4.42 Å². The molecule has 34 heavy (non-hydrogen) atoms. The number of anilines is 1. The van der Waals surface area contributed by atoms with Gasteiger partial charge in [-0.25, -0.2) is 0 Å². The molecular formula is C28H30N2O4. The molecule has 0 saturated heterocycles. The van der Waals surface area contributed by atoms with Gasteiger partial charge in [0, 0.05) is 11.6 Å². The molecule has 0 radical (unpaired) electrons. The van der Waals surface area contributed by atoms with Gasteiger partial charge in [0.05, 0.1) is 12.0 Å². The summed E-state index contributed by atoms with van der Waals surface area (Å²) in [5.41, 5.74) is 2.45. The maximum atomic E-state index is 13.8. The highest BCUT2D eigenvalue weighted by molar-refractivity contribution is 6.12. The summed E-state index contributed by atoms with van der Waals surface area (Å²) in [6.07, 6.45) is 6.57. The monoisotopic (exact) mass is 458 g/mol. The van der Waals surface area contributed by atoms with E-state index in [2.05, 4.69) is 5.32 Å². The molecule has 6 nitrogen and oxygen atoms in total. The summed E-state index contributed by atoms with van der Waals surface area (Å²) >= 11 is 0. The van der Waals surface area contributed by atoms with Crippen LogP contribution in [-0.2, 0) is 4.79 Å². The van der Waals surface area contributed by atoms with Gasteiger partial charge in [0.15, 0.2) is 11.5 Å². The lowest BCUT2D eigenvalue weighted by Gasteiger charge is -2.33. The minimum atomic E-state index is -0.972. The number of hydrogen-bond donors (Lipinski definition) is 1. The van der Waals surface area contributed by atoms with E-state index in [1.807, 2.05) is 31.2 Å². The highest BCUT2D eigenvalue weighted by Gasteiger charge is 2.37. The number of aryl methyl sites for hydroxylation is 1. The van der Waals surface area contributed by atoms with Crippen LogP contribution in [0.15, 0.2) is 71.3 Å². The molecule has 0 spiro atoms. The number of rotatable bonds is 7. The Morgan fingerprint density at radius 3 is 2.29 bits per heavy atom. The van der Waals surface area contributed by atoms with Crippen LogP contribution in [0.4, 0.5) is 5.69 Å². The molecule has 1 saturated carbocycles. The van der Waals surface area contributed by atoms with E-state index in [-0.39, 0.29) is 23.5 Å². The van der Waals surface area contributed by atoms with Gasteiger partial charge in [-0.05, 0) is 56.5 Å². The van der Waals surface area contributed by atoms with E-state index < -0.39 is 11.9 Å². The van der Waals surface area contributed by atoms with Crippen molar-refractivity contribution in [1.29, 1.82) is 0 Å². The molecule has 4 rings (SSSR count). The summed E-state index contributed by atoms with van der Waals surface area (Å²) in [5.74, 6) is -0.846. The molecule has 176 valence electrons. The summed E-state index contributed by atoms with van der Waals surface area (Å²) in [6.45, 7) is 3.43. The number of ketones is 1. The van der Waals surface area contributed by atoms with E-state index in [9.17, 15) is 14.4 Å². The third kappa shape index (κ3) is 5.11. The van der Waals surface area contributed by atoms with Crippen molar-refractivity contribution in [3.05, 3.63) is 89.4 Å². The molecule has 0 bridgehead atoms. The summed E-state index contributed by atoms with van der Waals surface area (Å²) in [5, 5.41) is 3.18. The highest BCUT2D eigenvalue weighted by Crippen LogP contribution is 2.33. The van der Waals surface area contributed by atoms with Crippen LogP contribution in [0, 0.1) is 6.92 Å². The van der Waals surface area contributed by atoms with Crippen LogP contribution in [0.2, 0.25) is 0 Å². The average molecular weight is 459 g/mol. The second-order valence-electron chi connectivity index (χ2n) is 8.88. The van der Waals surface area contributed by atoms with E-state index in [0.29, 0.717) is 16.8 Å². The molecule has 3 aromatic rings. The van der Waals surface area contributed by atoms with Crippen molar-refractivity contribution in [3.8, 4) is 0 Å². The Bertz CT molecular complexity index is 1150.